The van der Waals surface area contributed by atoms with Crippen LogP contribution in [0.5, 0.6) is 5.75 Å². The summed E-state index contributed by atoms with van der Waals surface area (Å²) in [5, 5.41) is 9.76. The highest BCUT2D eigenvalue weighted by Gasteiger charge is 2.08. The zero-order valence-electron chi connectivity index (χ0n) is 9.19. The molecule has 0 fully saturated rings. The lowest BCUT2D eigenvalue weighted by molar-refractivity contribution is -0.140. The van der Waals surface area contributed by atoms with Gasteiger partial charge in [0, 0.05) is 16.7 Å². The minimum Gasteiger partial charge on any atom is -0.507 e. The fourth-order valence-corrected chi connectivity index (χ4v) is 1.16. The highest BCUT2D eigenvalue weighted by molar-refractivity contribution is 5.86. The van der Waals surface area contributed by atoms with E-state index in [1.54, 1.807) is 31.2 Å². The van der Waals surface area contributed by atoms with Crippen molar-refractivity contribution in [2.75, 3.05) is 0 Å². The number of carbonyl (C=O) groups excluding carboxylic acids is 1. The van der Waals surface area contributed by atoms with Crippen LogP contribution in [0.3, 0.4) is 0 Å². The summed E-state index contributed by atoms with van der Waals surface area (Å²) in [6, 6.07) is 5.18. The predicted octanol–water partition coefficient (Wildman–Crippen LogP) is 2.65. The van der Waals surface area contributed by atoms with E-state index in [9.17, 15) is 9.90 Å². The summed E-state index contributed by atoms with van der Waals surface area (Å²) in [6.07, 6.45) is 1.54. The highest BCUT2D eigenvalue weighted by atomic mass is 16.5. The highest BCUT2D eigenvalue weighted by Crippen LogP contribution is 2.24. The van der Waals surface area contributed by atoms with Gasteiger partial charge in [0.25, 0.3) is 0 Å². The molecule has 0 heterocycles. The monoisotopic (exact) mass is 218 g/mol. The summed E-state index contributed by atoms with van der Waals surface area (Å²) in [7, 11) is 0. The van der Waals surface area contributed by atoms with Gasteiger partial charge in [0.2, 0.25) is 0 Å². The first-order chi connectivity index (χ1) is 7.56. The Morgan fingerprint density at radius 1 is 1.56 bits per heavy atom. The zero-order valence-corrected chi connectivity index (χ0v) is 9.19. The first kappa shape index (κ1) is 12.0. The molecule has 0 aromatic heterocycles. The maximum Gasteiger partial charge on any atom is 0.333 e. The van der Waals surface area contributed by atoms with Gasteiger partial charge in [-0.25, -0.2) is 4.79 Å². The van der Waals surface area contributed by atoms with Crippen molar-refractivity contribution in [1.82, 2.24) is 0 Å². The summed E-state index contributed by atoms with van der Waals surface area (Å²) in [5.41, 5.74) is 1.50. The second-order valence-corrected chi connectivity index (χ2v) is 3.42. The van der Waals surface area contributed by atoms with E-state index in [1.165, 1.54) is 0 Å². The minimum absolute atomic E-state index is 0.0270. The lowest BCUT2D eigenvalue weighted by atomic mass is 10.1. The molecule has 0 bridgehead atoms. The van der Waals surface area contributed by atoms with Gasteiger partial charge in [-0.15, -0.1) is 0 Å². The number of benzene rings is 1. The Balaban J connectivity index is 2.78. The molecule has 0 amide bonds. The van der Waals surface area contributed by atoms with Crippen LogP contribution < -0.4 is 0 Å². The van der Waals surface area contributed by atoms with Crippen molar-refractivity contribution >= 4 is 12.0 Å². The maximum absolute atomic E-state index is 11.2. The lowest BCUT2D eigenvalue weighted by Gasteiger charge is -2.08. The van der Waals surface area contributed by atoms with Gasteiger partial charge in [-0.3, -0.25) is 0 Å². The number of esters is 1. The van der Waals surface area contributed by atoms with Crippen LogP contribution in [-0.2, 0) is 16.1 Å². The van der Waals surface area contributed by atoms with E-state index in [-0.39, 0.29) is 12.4 Å². The van der Waals surface area contributed by atoms with Crippen molar-refractivity contribution in [3.63, 3.8) is 0 Å². The molecule has 0 saturated carbocycles. The third-order valence-corrected chi connectivity index (χ3v) is 2.08. The molecule has 1 N–H and O–H groups in total. The number of aromatic hydroxyl groups is 1. The van der Waals surface area contributed by atoms with E-state index in [4.69, 9.17) is 4.74 Å². The Morgan fingerprint density at radius 3 is 2.81 bits per heavy atom. The lowest BCUT2D eigenvalue weighted by Crippen LogP contribution is -2.05. The number of phenols is 1. The van der Waals surface area contributed by atoms with Crippen molar-refractivity contribution in [3.8, 4) is 5.75 Å². The molecule has 0 aliphatic rings. The molecule has 1 aromatic rings. The number of para-hydroxylation sites is 1. The van der Waals surface area contributed by atoms with Gasteiger partial charge in [-0.2, -0.15) is 0 Å². The third kappa shape index (κ3) is 2.73. The molecule has 1 rings (SSSR count). The van der Waals surface area contributed by atoms with Gasteiger partial charge in [-0.05, 0) is 6.92 Å². The molecular formula is C13H14O3. The fourth-order valence-electron chi connectivity index (χ4n) is 1.16. The summed E-state index contributed by atoms with van der Waals surface area (Å²) in [4.78, 5) is 11.2. The molecule has 84 valence electrons. The average Bonchev–Trinajstić information content (AvgIpc) is 2.27. The van der Waals surface area contributed by atoms with Crippen molar-refractivity contribution in [3.05, 3.63) is 48.1 Å². The van der Waals surface area contributed by atoms with Gasteiger partial charge in [-0.1, -0.05) is 37.4 Å². The molecular weight excluding hydrogens is 204 g/mol. The number of carbonyl (C=O) groups is 1. The number of ether oxygens (including phenoxy) is 1. The quantitative estimate of drug-likeness (QED) is 0.624. The Hall–Kier alpha value is -2.03. The van der Waals surface area contributed by atoms with E-state index >= 15 is 0 Å². The van der Waals surface area contributed by atoms with Crippen LogP contribution in [0.1, 0.15) is 18.1 Å². The van der Waals surface area contributed by atoms with Crippen molar-refractivity contribution in [2.24, 2.45) is 0 Å². The van der Waals surface area contributed by atoms with Gasteiger partial charge in [0.05, 0.1) is 0 Å². The Morgan fingerprint density at radius 2 is 2.25 bits per heavy atom. The molecule has 16 heavy (non-hydrogen) atoms. The van der Waals surface area contributed by atoms with Crippen LogP contribution in [0, 0.1) is 0 Å². The molecule has 0 atom stereocenters. The SMILES string of the molecule is C=Cc1cccc(COC(=O)C(=C)C)c1O. The molecule has 0 spiro atoms. The average molecular weight is 218 g/mol. The number of phenolic OH excluding ortho intramolecular Hbond substituents is 1. The van der Waals surface area contributed by atoms with Crippen molar-refractivity contribution < 1.29 is 14.6 Å². The van der Waals surface area contributed by atoms with Crippen LogP contribution in [0.4, 0.5) is 0 Å². The molecule has 0 saturated heterocycles. The molecule has 0 radical (unpaired) electrons. The van der Waals surface area contributed by atoms with E-state index in [0.29, 0.717) is 16.7 Å². The molecule has 3 nitrogen and oxygen atoms in total. The van der Waals surface area contributed by atoms with Gasteiger partial charge < -0.3 is 9.84 Å². The predicted molar refractivity (Wildman–Crippen MR) is 62.8 cm³/mol. The first-order valence-corrected chi connectivity index (χ1v) is 4.82. The zero-order chi connectivity index (χ0) is 12.1. The van der Waals surface area contributed by atoms with Crippen LogP contribution >= 0.6 is 0 Å². The fraction of sp³-hybridized carbons (Fsp3) is 0.154. The van der Waals surface area contributed by atoms with E-state index in [2.05, 4.69) is 13.2 Å². The van der Waals surface area contributed by atoms with Gasteiger partial charge in [0.1, 0.15) is 12.4 Å². The molecule has 0 aliphatic heterocycles. The van der Waals surface area contributed by atoms with Crippen LogP contribution in [0.15, 0.2) is 36.9 Å². The normalized spacial score (nSPS) is 9.56. The second-order valence-electron chi connectivity index (χ2n) is 3.42. The smallest absolute Gasteiger partial charge is 0.333 e. The molecule has 0 unspecified atom stereocenters. The Labute approximate surface area is 94.7 Å². The molecule has 1 aromatic carbocycles. The Kier molecular flexibility index (Phi) is 3.89. The Bertz CT molecular complexity index is 433. The third-order valence-electron chi connectivity index (χ3n) is 2.08. The van der Waals surface area contributed by atoms with E-state index in [0.717, 1.165) is 0 Å². The standard InChI is InChI=1S/C13H14O3/c1-4-10-6-5-7-11(12(10)14)8-16-13(15)9(2)3/h4-7,14H,1-2,8H2,3H3. The summed E-state index contributed by atoms with van der Waals surface area (Å²) in [6.45, 7) is 8.64. The number of hydrogen-bond donors (Lipinski definition) is 1. The number of hydrogen-bond acceptors (Lipinski definition) is 3. The molecule has 3 heteroatoms. The van der Waals surface area contributed by atoms with Crippen LogP contribution in [0.25, 0.3) is 6.08 Å². The largest absolute Gasteiger partial charge is 0.507 e. The van der Waals surface area contributed by atoms with E-state index < -0.39 is 5.97 Å². The summed E-state index contributed by atoms with van der Waals surface area (Å²) >= 11 is 0. The number of rotatable bonds is 4. The van der Waals surface area contributed by atoms with Crippen LogP contribution in [-0.4, -0.2) is 11.1 Å². The van der Waals surface area contributed by atoms with E-state index in [1.807, 2.05) is 0 Å². The molecule has 0 aliphatic carbocycles. The van der Waals surface area contributed by atoms with Gasteiger partial charge >= 0.3 is 5.97 Å². The summed E-state index contributed by atoms with van der Waals surface area (Å²) < 4.78 is 4.94. The van der Waals surface area contributed by atoms with Gasteiger partial charge in [0.15, 0.2) is 0 Å². The second kappa shape index (κ2) is 5.16. The van der Waals surface area contributed by atoms with Crippen molar-refractivity contribution in [1.29, 1.82) is 0 Å². The maximum atomic E-state index is 11.2. The first-order valence-electron chi connectivity index (χ1n) is 4.82. The topological polar surface area (TPSA) is 46.5 Å². The minimum atomic E-state index is -0.469. The summed E-state index contributed by atoms with van der Waals surface area (Å²) in [5.74, 6) is -0.379. The van der Waals surface area contributed by atoms with Crippen LogP contribution in [0.2, 0.25) is 0 Å². The van der Waals surface area contributed by atoms with Crippen molar-refractivity contribution in [2.45, 2.75) is 13.5 Å².